The Morgan fingerprint density at radius 1 is 1.19 bits per heavy atom. The van der Waals surface area contributed by atoms with Crippen molar-refractivity contribution < 1.29 is 14.3 Å². The van der Waals surface area contributed by atoms with Crippen LogP contribution in [0.3, 0.4) is 0 Å². The van der Waals surface area contributed by atoms with Crippen molar-refractivity contribution in [3.8, 4) is 0 Å². The van der Waals surface area contributed by atoms with Gasteiger partial charge in [-0.25, -0.2) is 4.79 Å². The van der Waals surface area contributed by atoms with Crippen molar-refractivity contribution in [1.82, 2.24) is 4.57 Å². The van der Waals surface area contributed by atoms with Gasteiger partial charge in [0, 0.05) is 4.88 Å². The molecular weight excluding hydrogens is 372 g/mol. The highest BCUT2D eigenvalue weighted by Crippen LogP contribution is 2.33. The first-order valence-electron chi connectivity index (χ1n) is 8.07. The molecule has 0 aliphatic carbocycles. The van der Waals surface area contributed by atoms with E-state index in [2.05, 4.69) is 5.32 Å². The molecule has 0 radical (unpaired) electrons. The quantitative estimate of drug-likeness (QED) is 0.676. The molecule has 2 heterocycles. The zero-order valence-electron chi connectivity index (χ0n) is 14.6. The SMILES string of the molecule is CCOC(=O)c1c(NC(=O)Cn2c(=O)sc3ccccc32)sc(C)c1C. The van der Waals surface area contributed by atoms with E-state index in [9.17, 15) is 14.4 Å². The van der Waals surface area contributed by atoms with Crippen LogP contribution in [0.15, 0.2) is 29.1 Å². The summed E-state index contributed by atoms with van der Waals surface area (Å²) in [6.45, 7) is 5.59. The molecule has 1 N–H and O–H groups in total. The van der Waals surface area contributed by atoms with Gasteiger partial charge >= 0.3 is 10.8 Å². The maximum atomic E-state index is 12.5. The van der Waals surface area contributed by atoms with Crippen LogP contribution < -0.4 is 10.2 Å². The van der Waals surface area contributed by atoms with Gasteiger partial charge in [-0.05, 0) is 38.5 Å². The number of hydrogen-bond acceptors (Lipinski definition) is 6. The number of fused-ring (bicyclic) bond motifs is 1. The second-order valence-corrected chi connectivity index (χ2v) is 7.90. The third kappa shape index (κ3) is 3.42. The van der Waals surface area contributed by atoms with Crippen molar-refractivity contribution in [2.45, 2.75) is 27.3 Å². The summed E-state index contributed by atoms with van der Waals surface area (Å²) in [6.07, 6.45) is 0. The predicted octanol–water partition coefficient (Wildman–Crippen LogP) is 3.56. The van der Waals surface area contributed by atoms with E-state index in [0.717, 1.165) is 32.0 Å². The van der Waals surface area contributed by atoms with Crippen molar-refractivity contribution >= 4 is 49.8 Å². The van der Waals surface area contributed by atoms with E-state index in [-0.39, 0.29) is 23.9 Å². The van der Waals surface area contributed by atoms with Crippen LogP contribution in [0.2, 0.25) is 0 Å². The molecule has 0 aliphatic heterocycles. The van der Waals surface area contributed by atoms with Gasteiger partial charge in [-0.3, -0.25) is 14.2 Å². The minimum Gasteiger partial charge on any atom is -0.462 e. The molecule has 0 saturated carbocycles. The van der Waals surface area contributed by atoms with Crippen molar-refractivity contribution in [3.05, 3.63) is 49.9 Å². The maximum Gasteiger partial charge on any atom is 0.341 e. The first-order chi connectivity index (χ1) is 12.4. The lowest BCUT2D eigenvalue weighted by atomic mass is 10.1. The molecule has 0 aliphatic rings. The zero-order chi connectivity index (χ0) is 18.8. The van der Waals surface area contributed by atoms with Crippen LogP contribution in [0.25, 0.3) is 10.2 Å². The molecular formula is C18H18N2O4S2. The van der Waals surface area contributed by atoms with Crippen LogP contribution in [-0.2, 0) is 16.1 Å². The summed E-state index contributed by atoms with van der Waals surface area (Å²) < 4.78 is 7.36. The van der Waals surface area contributed by atoms with Gasteiger partial charge in [0.05, 0.1) is 22.4 Å². The Balaban J connectivity index is 1.87. The summed E-state index contributed by atoms with van der Waals surface area (Å²) in [6, 6.07) is 7.34. The zero-order valence-corrected chi connectivity index (χ0v) is 16.3. The Morgan fingerprint density at radius 2 is 1.92 bits per heavy atom. The van der Waals surface area contributed by atoms with Gasteiger partial charge in [-0.15, -0.1) is 11.3 Å². The normalized spacial score (nSPS) is 10.9. The number of benzene rings is 1. The van der Waals surface area contributed by atoms with Gasteiger partial charge in [0.15, 0.2) is 0 Å². The highest BCUT2D eigenvalue weighted by atomic mass is 32.1. The largest absolute Gasteiger partial charge is 0.462 e. The van der Waals surface area contributed by atoms with E-state index in [1.54, 1.807) is 6.92 Å². The van der Waals surface area contributed by atoms with Gasteiger partial charge in [-0.1, -0.05) is 23.5 Å². The molecule has 0 bridgehead atoms. The minimum atomic E-state index is -0.456. The topological polar surface area (TPSA) is 77.4 Å². The average molecular weight is 390 g/mol. The lowest BCUT2D eigenvalue weighted by Crippen LogP contribution is -2.24. The number of thiophene rings is 1. The summed E-state index contributed by atoms with van der Waals surface area (Å²) in [7, 11) is 0. The van der Waals surface area contributed by atoms with Gasteiger partial charge in [0.1, 0.15) is 11.5 Å². The fourth-order valence-corrected chi connectivity index (χ4v) is 4.59. The summed E-state index contributed by atoms with van der Waals surface area (Å²) in [5.41, 5.74) is 1.90. The number of nitrogens with zero attached hydrogens (tertiary/aromatic N) is 1. The van der Waals surface area contributed by atoms with Crippen LogP contribution in [0.4, 0.5) is 5.00 Å². The van der Waals surface area contributed by atoms with E-state index >= 15 is 0 Å². The Hall–Kier alpha value is -2.45. The number of thiazole rings is 1. The summed E-state index contributed by atoms with van der Waals surface area (Å²) in [4.78, 5) is 37.6. The Morgan fingerprint density at radius 3 is 2.65 bits per heavy atom. The third-order valence-electron chi connectivity index (χ3n) is 3.99. The molecule has 6 nitrogen and oxygen atoms in total. The second kappa shape index (κ2) is 7.43. The third-order valence-corrected chi connectivity index (χ3v) is 6.08. The van der Waals surface area contributed by atoms with Crippen molar-refractivity contribution in [2.75, 3.05) is 11.9 Å². The average Bonchev–Trinajstić information content (AvgIpc) is 3.05. The molecule has 26 heavy (non-hydrogen) atoms. The van der Waals surface area contributed by atoms with Crippen molar-refractivity contribution in [1.29, 1.82) is 0 Å². The number of carbonyl (C=O) groups is 2. The Labute approximate surface area is 158 Å². The van der Waals surface area contributed by atoms with E-state index in [4.69, 9.17) is 4.74 Å². The predicted molar refractivity (Wildman–Crippen MR) is 104 cm³/mol. The number of nitrogens with one attached hydrogen (secondary N) is 1. The summed E-state index contributed by atoms with van der Waals surface area (Å²) in [5, 5.41) is 3.22. The number of para-hydroxylation sites is 1. The number of hydrogen-bond donors (Lipinski definition) is 1. The molecule has 8 heteroatoms. The number of esters is 1. The molecule has 0 fully saturated rings. The number of aryl methyl sites for hydroxylation is 1. The van der Waals surface area contributed by atoms with Gasteiger partial charge in [-0.2, -0.15) is 0 Å². The van der Waals surface area contributed by atoms with Crippen LogP contribution in [0.1, 0.15) is 27.7 Å². The van der Waals surface area contributed by atoms with E-state index in [1.165, 1.54) is 15.9 Å². The number of anilines is 1. The van der Waals surface area contributed by atoms with Crippen molar-refractivity contribution in [2.24, 2.45) is 0 Å². The standard InChI is InChI=1S/C18H18N2O4S2/c1-4-24-17(22)15-10(2)11(3)25-16(15)19-14(21)9-20-12-7-5-6-8-13(12)26-18(20)23/h5-8H,4,9H2,1-3H3,(H,19,21). The number of ether oxygens (including phenoxy) is 1. The lowest BCUT2D eigenvalue weighted by Gasteiger charge is -2.08. The van der Waals surface area contributed by atoms with Crippen molar-refractivity contribution in [3.63, 3.8) is 0 Å². The second-order valence-electron chi connectivity index (χ2n) is 5.68. The van der Waals surface area contributed by atoms with Gasteiger partial charge in [0.2, 0.25) is 5.91 Å². The van der Waals surface area contributed by atoms with Crippen LogP contribution in [-0.4, -0.2) is 23.1 Å². The van der Waals surface area contributed by atoms with Crippen LogP contribution in [0.5, 0.6) is 0 Å². The molecule has 0 atom stereocenters. The number of amides is 1. The molecule has 0 saturated heterocycles. The first kappa shape index (κ1) is 18.3. The molecule has 1 aromatic carbocycles. The fourth-order valence-electron chi connectivity index (χ4n) is 2.64. The number of aromatic nitrogens is 1. The van der Waals surface area contributed by atoms with E-state index in [0.29, 0.717) is 10.6 Å². The molecule has 0 spiro atoms. The first-order valence-corrected chi connectivity index (χ1v) is 9.71. The fraction of sp³-hybridized carbons (Fsp3) is 0.278. The smallest absolute Gasteiger partial charge is 0.341 e. The number of rotatable bonds is 5. The summed E-state index contributed by atoms with van der Waals surface area (Å²) in [5.74, 6) is -0.815. The Bertz CT molecular complexity index is 1050. The molecule has 3 rings (SSSR count). The molecule has 2 aromatic heterocycles. The molecule has 0 unspecified atom stereocenters. The monoisotopic (exact) mass is 390 g/mol. The van der Waals surface area contributed by atoms with Gasteiger partial charge < -0.3 is 10.1 Å². The Kier molecular flexibility index (Phi) is 5.24. The number of carbonyl (C=O) groups excluding carboxylic acids is 2. The maximum absolute atomic E-state index is 12.5. The lowest BCUT2D eigenvalue weighted by molar-refractivity contribution is -0.116. The minimum absolute atomic E-state index is 0.110. The van der Waals surface area contributed by atoms with E-state index < -0.39 is 5.97 Å². The molecule has 1 amide bonds. The highest BCUT2D eigenvalue weighted by molar-refractivity contribution is 7.17. The highest BCUT2D eigenvalue weighted by Gasteiger charge is 2.22. The van der Waals surface area contributed by atoms with E-state index in [1.807, 2.05) is 38.1 Å². The summed E-state index contributed by atoms with van der Waals surface area (Å²) >= 11 is 2.43. The molecule has 3 aromatic rings. The van der Waals surface area contributed by atoms with Crippen LogP contribution in [0, 0.1) is 13.8 Å². The van der Waals surface area contributed by atoms with Gasteiger partial charge in [0.25, 0.3) is 0 Å². The van der Waals surface area contributed by atoms with Crippen LogP contribution >= 0.6 is 22.7 Å². The molecule has 136 valence electrons.